The average Bonchev–Trinajstić information content (AvgIpc) is 3.20. The van der Waals surface area contributed by atoms with Gasteiger partial charge in [-0.3, -0.25) is 14.9 Å². The van der Waals surface area contributed by atoms with Gasteiger partial charge in [-0.25, -0.2) is 4.98 Å². The van der Waals surface area contributed by atoms with Crippen LogP contribution < -0.4 is 5.56 Å². The van der Waals surface area contributed by atoms with Gasteiger partial charge in [-0.1, -0.05) is 35.5 Å². The maximum Gasteiger partial charge on any atom is 0.283 e. The Kier molecular flexibility index (Phi) is 5.82. The van der Waals surface area contributed by atoms with Crippen molar-refractivity contribution in [1.29, 1.82) is 0 Å². The molecule has 1 aliphatic carbocycles. The maximum absolute atomic E-state index is 13.0. The highest BCUT2D eigenvalue weighted by molar-refractivity contribution is 7.99. The molecule has 0 spiro atoms. The van der Waals surface area contributed by atoms with Crippen LogP contribution in [0.15, 0.2) is 68.5 Å². The Morgan fingerprint density at radius 3 is 2.76 bits per heavy atom. The number of hydrogen-bond donors (Lipinski definition) is 0. The molecule has 0 aliphatic heterocycles. The molecule has 2 aromatic carbocycles. The highest BCUT2D eigenvalue weighted by Crippen LogP contribution is 2.35. The minimum absolute atomic E-state index is 0.00245. The van der Waals surface area contributed by atoms with E-state index in [1.54, 1.807) is 23.5 Å². The second-order valence-corrected chi connectivity index (χ2v) is 10.1. The molecular formula is C24H20N4O3S2. The first kappa shape index (κ1) is 21.5. The number of thiophene rings is 1. The summed E-state index contributed by atoms with van der Waals surface area (Å²) in [5.41, 5.74) is 2.58. The van der Waals surface area contributed by atoms with Crippen LogP contribution in [0.5, 0.6) is 0 Å². The molecule has 5 rings (SSSR count). The number of benzene rings is 2. The largest absolute Gasteiger partial charge is 0.283 e. The van der Waals surface area contributed by atoms with Gasteiger partial charge in [0.05, 0.1) is 21.4 Å². The molecule has 7 nitrogen and oxygen atoms in total. The fourth-order valence-electron chi connectivity index (χ4n) is 3.93. The van der Waals surface area contributed by atoms with E-state index in [1.807, 2.05) is 31.2 Å². The van der Waals surface area contributed by atoms with Crippen molar-refractivity contribution in [3.8, 4) is 0 Å². The third kappa shape index (κ3) is 4.34. The van der Waals surface area contributed by atoms with Crippen LogP contribution in [0.1, 0.15) is 34.4 Å². The normalized spacial score (nSPS) is 13.5. The molecule has 1 aliphatic rings. The van der Waals surface area contributed by atoms with Gasteiger partial charge >= 0.3 is 0 Å². The number of aromatic nitrogens is 2. The topological polar surface area (TPSA) is 90.4 Å². The molecule has 4 aromatic rings. The zero-order valence-electron chi connectivity index (χ0n) is 17.9. The molecule has 0 amide bonds. The van der Waals surface area contributed by atoms with Crippen LogP contribution in [-0.2, 0) is 12.8 Å². The van der Waals surface area contributed by atoms with Gasteiger partial charge in [0.25, 0.3) is 11.2 Å². The van der Waals surface area contributed by atoms with Crippen molar-refractivity contribution in [2.24, 2.45) is 5.10 Å². The van der Waals surface area contributed by atoms with Crippen molar-refractivity contribution in [2.75, 3.05) is 0 Å². The monoisotopic (exact) mass is 476 g/mol. The van der Waals surface area contributed by atoms with Gasteiger partial charge in [0.2, 0.25) is 0 Å². The first-order valence-electron chi connectivity index (χ1n) is 10.6. The van der Waals surface area contributed by atoms with Crippen LogP contribution in [0.4, 0.5) is 5.69 Å². The molecule has 0 fully saturated rings. The highest BCUT2D eigenvalue weighted by Gasteiger charge is 2.20. The van der Waals surface area contributed by atoms with Gasteiger partial charge in [0.1, 0.15) is 11.2 Å². The Balaban J connectivity index is 1.46. The third-order valence-corrected chi connectivity index (χ3v) is 7.89. The number of nitrogens with zero attached hydrogens (tertiary/aromatic N) is 4. The van der Waals surface area contributed by atoms with E-state index in [-0.39, 0.29) is 11.2 Å². The number of rotatable bonds is 5. The summed E-state index contributed by atoms with van der Waals surface area (Å²) in [6.45, 7) is 2.00. The van der Waals surface area contributed by atoms with Crippen molar-refractivity contribution in [2.45, 2.75) is 42.4 Å². The first-order chi connectivity index (χ1) is 16.0. The summed E-state index contributed by atoms with van der Waals surface area (Å²) >= 11 is 2.93. The number of nitro benzene ring substituents is 1. The van der Waals surface area contributed by atoms with Crippen molar-refractivity contribution in [1.82, 2.24) is 9.66 Å². The van der Waals surface area contributed by atoms with Gasteiger partial charge in [0.15, 0.2) is 0 Å². The van der Waals surface area contributed by atoms with E-state index in [0.29, 0.717) is 15.8 Å². The van der Waals surface area contributed by atoms with Crippen LogP contribution in [0.2, 0.25) is 0 Å². The summed E-state index contributed by atoms with van der Waals surface area (Å²) in [7, 11) is 0. The summed E-state index contributed by atoms with van der Waals surface area (Å²) in [6, 6.07) is 12.8. The molecule has 2 aromatic heterocycles. The number of aryl methyl sites for hydroxylation is 3. The van der Waals surface area contributed by atoms with Crippen LogP contribution in [0.3, 0.4) is 0 Å². The molecule has 0 bridgehead atoms. The van der Waals surface area contributed by atoms with Crippen LogP contribution >= 0.6 is 23.1 Å². The number of hydrogen-bond acceptors (Lipinski definition) is 7. The Labute approximate surface area is 198 Å². The Hall–Kier alpha value is -3.30. The highest BCUT2D eigenvalue weighted by atomic mass is 32.2. The zero-order valence-corrected chi connectivity index (χ0v) is 19.5. The van der Waals surface area contributed by atoms with Gasteiger partial charge in [-0.2, -0.15) is 9.78 Å². The van der Waals surface area contributed by atoms with E-state index in [4.69, 9.17) is 0 Å². The summed E-state index contributed by atoms with van der Waals surface area (Å²) in [6.07, 6.45) is 6.98. The van der Waals surface area contributed by atoms with Gasteiger partial charge in [-0.05, 0) is 56.4 Å². The minimum atomic E-state index is -0.398. The van der Waals surface area contributed by atoms with Crippen molar-refractivity contribution in [3.05, 3.63) is 90.8 Å². The second-order valence-electron chi connectivity index (χ2n) is 7.93. The predicted octanol–water partition coefficient (Wildman–Crippen LogP) is 5.59. The first-order valence-corrected chi connectivity index (χ1v) is 12.2. The summed E-state index contributed by atoms with van der Waals surface area (Å²) in [4.78, 5) is 32.2. The third-order valence-electron chi connectivity index (χ3n) is 5.62. The van der Waals surface area contributed by atoms with Crippen molar-refractivity contribution in [3.63, 3.8) is 0 Å². The summed E-state index contributed by atoms with van der Waals surface area (Å²) < 4.78 is 1.21. The van der Waals surface area contributed by atoms with Gasteiger partial charge in [0, 0.05) is 21.4 Å². The molecule has 9 heteroatoms. The molecular weight excluding hydrogens is 456 g/mol. The Morgan fingerprint density at radius 2 is 1.97 bits per heavy atom. The van der Waals surface area contributed by atoms with E-state index in [9.17, 15) is 14.9 Å². The van der Waals surface area contributed by atoms with Crippen LogP contribution in [0, 0.1) is 17.0 Å². The number of fused-ring (bicyclic) bond motifs is 3. The lowest BCUT2D eigenvalue weighted by atomic mass is 9.97. The molecule has 0 atom stereocenters. The fourth-order valence-corrected chi connectivity index (χ4v) is 6.04. The van der Waals surface area contributed by atoms with Gasteiger partial charge in [-0.15, -0.1) is 11.3 Å². The quantitative estimate of drug-likeness (QED) is 0.213. The fraction of sp³-hybridized carbons (Fsp3) is 0.208. The minimum Gasteiger partial charge on any atom is -0.267 e. The van der Waals surface area contributed by atoms with E-state index in [1.165, 1.54) is 39.9 Å². The Morgan fingerprint density at radius 1 is 1.18 bits per heavy atom. The van der Waals surface area contributed by atoms with E-state index in [0.717, 1.165) is 46.5 Å². The van der Waals surface area contributed by atoms with E-state index in [2.05, 4.69) is 10.1 Å². The van der Waals surface area contributed by atoms with E-state index < -0.39 is 4.92 Å². The van der Waals surface area contributed by atoms with Crippen molar-refractivity contribution >= 4 is 45.2 Å². The number of nitro groups is 1. The lowest BCUT2D eigenvalue weighted by Gasteiger charge is -2.09. The maximum atomic E-state index is 13.0. The Bertz CT molecular complexity index is 1460. The summed E-state index contributed by atoms with van der Waals surface area (Å²) in [5, 5.41) is 16.6. The zero-order chi connectivity index (χ0) is 22.9. The summed E-state index contributed by atoms with van der Waals surface area (Å²) in [5.74, 6) is 0. The lowest BCUT2D eigenvalue weighted by molar-refractivity contribution is -0.387. The second kappa shape index (κ2) is 8.92. The molecule has 0 unspecified atom stereocenters. The SMILES string of the molecule is Cc1ccc(Sc2ccc(C=Nn3cnc4sc5c(c4c3=O)CCCC5)cc2[N+](=O)[O-])cc1. The van der Waals surface area contributed by atoms with Crippen LogP contribution in [0.25, 0.3) is 10.2 Å². The molecule has 0 N–H and O–H groups in total. The lowest BCUT2D eigenvalue weighted by Crippen LogP contribution is -2.18. The van der Waals surface area contributed by atoms with Crippen LogP contribution in [-0.4, -0.2) is 20.8 Å². The van der Waals surface area contributed by atoms with E-state index >= 15 is 0 Å². The smallest absolute Gasteiger partial charge is 0.267 e. The molecule has 0 saturated carbocycles. The molecule has 0 saturated heterocycles. The standard InChI is InChI=1S/C24H20N4O3S2/c1-15-6-9-17(10-7-15)32-21-11-8-16(12-19(21)28(30)31)13-26-27-14-25-23-22(24(27)29)18-4-2-3-5-20(18)33-23/h6-14H,2-5H2,1H3. The molecule has 166 valence electrons. The molecule has 2 heterocycles. The molecule has 0 radical (unpaired) electrons. The predicted molar refractivity (Wildman–Crippen MR) is 132 cm³/mol. The average molecular weight is 477 g/mol. The van der Waals surface area contributed by atoms with Gasteiger partial charge < -0.3 is 0 Å². The van der Waals surface area contributed by atoms with Crippen molar-refractivity contribution < 1.29 is 4.92 Å². The molecule has 33 heavy (non-hydrogen) atoms.